The lowest BCUT2D eigenvalue weighted by Gasteiger charge is -2.09. The minimum absolute atomic E-state index is 0.0857. The molecule has 0 heterocycles. The maximum absolute atomic E-state index is 13.3. The van der Waals surface area contributed by atoms with Crippen LogP contribution in [0.25, 0.3) is 0 Å². The fourth-order valence-corrected chi connectivity index (χ4v) is 1.59. The second kappa shape index (κ2) is 6.75. The molecule has 0 aromatic heterocycles. The van der Waals surface area contributed by atoms with Crippen LogP contribution in [0.4, 0.5) is 14.5 Å². The van der Waals surface area contributed by atoms with Crippen molar-refractivity contribution in [1.82, 2.24) is 0 Å². The van der Waals surface area contributed by atoms with Gasteiger partial charge < -0.3 is 15.2 Å². The van der Waals surface area contributed by atoms with Gasteiger partial charge in [0.25, 0.3) is 0 Å². The van der Waals surface area contributed by atoms with E-state index < -0.39 is 11.6 Å². The molecule has 0 atom stereocenters. The summed E-state index contributed by atoms with van der Waals surface area (Å²) >= 11 is 0. The normalized spacial score (nSPS) is 10.3. The highest BCUT2D eigenvalue weighted by Gasteiger charge is 2.08. The summed E-state index contributed by atoms with van der Waals surface area (Å²) in [5, 5.41) is 0. The maximum atomic E-state index is 13.3. The Labute approximate surface area is 115 Å². The summed E-state index contributed by atoms with van der Waals surface area (Å²) in [6.07, 6.45) is 0.556. The van der Waals surface area contributed by atoms with E-state index in [9.17, 15) is 8.78 Å². The molecule has 2 aromatic carbocycles. The Morgan fingerprint density at radius 2 is 1.60 bits per heavy atom. The molecule has 0 aliphatic heterocycles. The van der Waals surface area contributed by atoms with Gasteiger partial charge in [-0.05, 0) is 36.4 Å². The maximum Gasteiger partial charge on any atom is 0.200 e. The van der Waals surface area contributed by atoms with Gasteiger partial charge in [-0.15, -0.1) is 0 Å². The Balaban J connectivity index is 1.71. The van der Waals surface area contributed by atoms with E-state index in [1.165, 1.54) is 12.1 Å². The van der Waals surface area contributed by atoms with Crippen molar-refractivity contribution < 1.29 is 18.3 Å². The third-order valence-corrected chi connectivity index (χ3v) is 2.61. The van der Waals surface area contributed by atoms with Crippen LogP contribution in [0.5, 0.6) is 11.5 Å². The van der Waals surface area contributed by atoms with E-state index in [-0.39, 0.29) is 12.4 Å². The van der Waals surface area contributed by atoms with E-state index >= 15 is 0 Å². The molecule has 0 amide bonds. The minimum Gasteiger partial charge on any atom is -0.493 e. The molecule has 5 heteroatoms. The van der Waals surface area contributed by atoms with Crippen LogP contribution in [0, 0.1) is 11.6 Å². The Bertz CT molecular complexity index is 558. The van der Waals surface area contributed by atoms with Crippen molar-refractivity contribution in [3.63, 3.8) is 0 Å². The summed E-state index contributed by atoms with van der Waals surface area (Å²) in [6, 6.07) is 10.9. The smallest absolute Gasteiger partial charge is 0.200 e. The van der Waals surface area contributed by atoms with Crippen molar-refractivity contribution in [3.05, 3.63) is 54.1 Å². The predicted molar refractivity (Wildman–Crippen MR) is 72.8 cm³/mol. The van der Waals surface area contributed by atoms with Gasteiger partial charge in [-0.2, -0.15) is 4.39 Å². The first-order valence-corrected chi connectivity index (χ1v) is 6.22. The summed E-state index contributed by atoms with van der Waals surface area (Å²) < 4.78 is 36.8. The summed E-state index contributed by atoms with van der Waals surface area (Å²) in [4.78, 5) is 0. The number of nitrogens with two attached hydrogens (primary N) is 1. The first-order valence-electron chi connectivity index (χ1n) is 6.22. The number of hydrogen-bond donors (Lipinski definition) is 1. The number of hydrogen-bond acceptors (Lipinski definition) is 3. The Kier molecular flexibility index (Phi) is 4.76. The molecule has 2 aromatic rings. The molecule has 0 bridgehead atoms. The van der Waals surface area contributed by atoms with Crippen molar-refractivity contribution in [2.45, 2.75) is 6.42 Å². The third-order valence-electron chi connectivity index (χ3n) is 2.61. The first kappa shape index (κ1) is 14.1. The van der Waals surface area contributed by atoms with Crippen LogP contribution in [-0.4, -0.2) is 13.2 Å². The van der Waals surface area contributed by atoms with E-state index in [2.05, 4.69) is 0 Å². The summed E-state index contributed by atoms with van der Waals surface area (Å²) in [7, 11) is 0. The zero-order chi connectivity index (χ0) is 14.4. The van der Waals surface area contributed by atoms with Gasteiger partial charge in [0.15, 0.2) is 11.6 Å². The fraction of sp³-hybridized carbons (Fsp3) is 0.200. The molecule has 0 saturated heterocycles. The lowest BCUT2D eigenvalue weighted by molar-refractivity contribution is 0.239. The second-order valence-corrected chi connectivity index (χ2v) is 4.17. The van der Waals surface area contributed by atoms with Gasteiger partial charge in [0.05, 0.1) is 13.2 Å². The molecule has 0 radical (unpaired) electrons. The van der Waals surface area contributed by atoms with Crippen LogP contribution in [0.15, 0.2) is 42.5 Å². The highest BCUT2D eigenvalue weighted by Crippen LogP contribution is 2.19. The Morgan fingerprint density at radius 1 is 0.900 bits per heavy atom. The Hall–Kier alpha value is -2.30. The van der Waals surface area contributed by atoms with Crippen molar-refractivity contribution in [3.8, 4) is 11.5 Å². The quantitative estimate of drug-likeness (QED) is 0.651. The zero-order valence-electron chi connectivity index (χ0n) is 10.8. The van der Waals surface area contributed by atoms with Gasteiger partial charge in [-0.1, -0.05) is 6.07 Å². The molecule has 0 aliphatic rings. The summed E-state index contributed by atoms with van der Waals surface area (Å²) in [6.45, 7) is 0.663. The van der Waals surface area contributed by atoms with E-state index in [0.29, 0.717) is 24.5 Å². The van der Waals surface area contributed by atoms with Crippen LogP contribution >= 0.6 is 0 Å². The molecule has 0 saturated carbocycles. The van der Waals surface area contributed by atoms with Crippen LogP contribution in [0.1, 0.15) is 6.42 Å². The first-order chi connectivity index (χ1) is 9.66. The van der Waals surface area contributed by atoms with Crippen LogP contribution in [-0.2, 0) is 0 Å². The van der Waals surface area contributed by atoms with Crippen molar-refractivity contribution in [2.75, 3.05) is 18.9 Å². The van der Waals surface area contributed by atoms with Crippen molar-refractivity contribution >= 4 is 5.69 Å². The van der Waals surface area contributed by atoms with Gasteiger partial charge in [-0.25, -0.2) is 4.39 Å². The topological polar surface area (TPSA) is 44.5 Å². The molecule has 2 rings (SSSR count). The molecular weight excluding hydrogens is 264 g/mol. The average Bonchev–Trinajstić information content (AvgIpc) is 2.45. The lowest BCUT2D eigenvalue weighted by Crippen LogP contribution is -2.06. The summed E-state index contributed by atoms with van der Waals surface area (Å²) in [5.41, 5.74) is 6.22. The molecule has 2 N–H and O–H groups in total. The molecular formula is C15H15F2NO2. The largest absolute Gasteiger partial charge is 0.493 e. The van der Waals surface area contributed by atoms with E-state index in [1.807, 2.05) is 0 Å². The molecule has 0 fully saturated rings. The summed E-state index contributed by atoms with van der Waals surface area (Å²) in [5.74, 6) is -1.26. The molecule has 0 spiro atoms. The SMILES string of the molecule is Nc1ccc(OCCCOc2cccc(F)c2F)cc1. The van der Waals surface area contributed by atoms with Crippen molar-refractivity contribution in [2.24, 2.45) is 0 Å². The van der Waals surface area contributed by atoms with Gasteiger partial charge in [-0.3, -0.25) is 0 Å². The number of anilines is 1. The Morgan fingerprint density at radius 3 is 2.35 bits per heavy atom. The highest BCUT2D eigenvalue weighted by molar-refractivity contribution is 5.41. The fourth-order valence-electron chi connectivity index (χ4n) is 1.59. The molecule has 0 unspecified atom stereocenters. The highest BCUT2D eigenvalue weighted by atomic mass is 19.2. The van der Waals surface area contributed by atoms with E-state index in [4.69, 9.17) is 15.2 Å². The molecule has 106 valence electrons. The number of benzene rings is 2. The van der Waals surface area contributed by atoms with Crippen molar-refractivity contribution in [1.29, 1.82) is 0 Å². The third kappa shape index (κ3) is 3.85. The van der Waals surface area contributed by atoms with E-state index in [1.54, 1.807) is 24.3 Å². The van der Waals surface area contributed by atoms with Gasteiger partial charge in [0.1, 0.15) is 5.75 Å². The number of halogens is 2. The minimum atomic E-state index is -0.966. The second-order valence-electron chi connectivity index (χ2n) is 4.17. The average molecular weight is 279 g/mol. The van der Waals surface area contributed by atoms with Gasteiger partial charge in [0.2, 0.25) is 5.82 Å². The monoisotopic (exact) mass is 279 g/mol. The standard InChI is InChI=1S/C15H15F2NO2/c16-13-3-1-4-14(15(13)17)20-10-2-9-19-12-7-5-11(18)6-8-12/h1,3-8H,2,9-10,18H2. The zero-order valence-corrected chi connectivity index (χ0v) is 10.8. The van der Waals surface area contributed by atoms with Crippen LogP contribution in [0.2, 0.25) is 0 Å². The molecule has 0 aliphatic carbocycles. The van der Waals surface area contributed by atoms with E-state index in [0.717, 1.165) is 6.07 Å². The number of ether oxygens (including phenoxy) is 2. The van der Waals surface area contributed by atoms with Gasteiger partial charge in [0, 0.05) is 12.1 Å². The molecule has 20 heavy (non-hydrogen) atoms. The number of rotatable bonds is 6. The van der Waals surface area contributed by atoms with Gasteiger partial charge >= 0.3 is 0 Å². The predicted octanol–water partition coefficient (Wildman–Crippen LogP) is 3.39. The van der Waals surface area contributed by atoms with Crippen LogP contribution in [0.3, 0.4) is 0 Å². The lowest BCUT2D eigenvalue weighted by atomic mass is 10.3. The number of nitrogen functional groups attached to an aromatic ring is 1. The molecule has 3 nitrogen and oxygen atoms in total. The van der Waals surface area contributed by atoms with Crippen LogP contribution < -0.4 is 15.2 Å².